The van der Waals surface area contributed by atoms with Gasteiger partial charge in [-0.25, -0.2) is 8.42 Å². The van der Waals surface area contributed by atoms with Crippen LogP contribution in [-0.2, 0) is 13.8 Å². The van der Waals surface area contributed by atoms with Gasteiger partial charge in [0.05, 0.1) is 10.9 Å². The maximum atomic E-state index is 11.9. The summed E-state index contributed by atoms with van der Waals surface area (Å²) in [5, 5.41) is 2.88. The minimum atomic E-state index is -3.80. The van der Waals surface area contributed by atoms with Crippen LogP contribution in [0.3, 0.4) is 0 Å². The Morgan fingerprint density at radius 3 is 2.86 bits per heavy atom. The van der Waals surface area contributed by atoms with Crippen LogP contribution in [0.4, 0.5) is 0 Å². The Hall–Kier alpha value is -1.27. The Kier molecular flexibility index (Phi) is 4.78. The predicted octanol–water partition coefficient (Wildman–Crippen LogP) is 2.60. The molecule has 2 rings (SSSR count). The van der Waals surface area contributed by atoms with Crippen LogP contribution < -0.4 is 10.1 Å². The lowest BCUT2D eigenvalue weighted by Gasteiger charge is -2.14. The van der Waals surface area contributed by atoms with E-state index in [0.29, 0.717) is 30.3 Å². The molecule has 2 unspecified atom stereocenters. The minimum Gasteiger partial charge on any atom is -0.491 e. The molecule has 7 heteroatoms. The molecule has 0 aromatic heterocycles. The Balaban J connectivity index is 2.15. The molecular formula is C14H18ClNO4S. The molecule has 1 aromatic carbocycles. The number of rotatable bonds is 5. The molecule has 1 heterocycles. The first-order valence-electron chi connectivity index (χ1n) is 6.82. The number of halogens is 1. The first kappa shape index (κ1) is 16.1. The normalized spacial score (nSPS) is 18.7. The molecule has 1 N–H and O–H groups in total. The fraction of sp³-hybridized carbons (Fsp3) is 0.500. The van der Waals surface area contributed by atoms with Crippen molar-refractivity contribution in [3.05, 3.63) is 23.8 Å². The summed E-state index contributed by atoms with van der Waals surface area (Å²) in [6.07, 6.45) is 1.37. The fourth-order valence-electron chi connectivity index (χ4n) is 2.18. The molecule has 0 aliphatic carbocycles. The number of nitrogens with one attached hydrogen (secondary N) is 1. The summed E-state index contributed by atoms with van der Waals surface area (Å²) in [5.74, 6) is 0.819. The molecule has 0 fully saturated rings. The molecule has 5 nitrogen and oxygen atoms in total. The molecular weight excluding hydrogens is 314 g/mol. The number of hydrogen-bond donors (Lipinski definition) is 1. The minimum absolute atomic E-state index is 0.00888. The average Bonchev–Trinajstić information content (AvgIpc) is 2.80. The van der Waals surface area contributed by atoms with E-state index in [0.717, 1.165) is 6.42 Å². The SMILES string of the molecule is CCC(C)CC(=O)NC1COc2ccc(S(=O)(=O)Cl)cc21. The average molecular weight is 332 g/mol. The van der Waals surface area contributed by atoms with Crippen LogP contribution >= 0.6 is 10.7 Å². The lowest BCUT2D eigenvalue weighted by molar-refractivity contribution is -0.122. The third-order valence-electron chi connectivity index (χ3n) is 3.61. The van der Waals surface area contributed by atoms with Crippen LogP contribution in [0, 0.1) is 5.92 Å². The highest BCUT2D eigenvalue weighted by Gasteiger charge is 2.27. The molecule has 116 valence electrons. The molecule has 0 radical (unpaired) electrons. The summed E-state index contributed by atoms with van der Waals surface area (Å²) in [6, 6.07) is 4.07. The van der Waals surface area contributed by atoms with E-state index in [-0.39, 0.29) is 16.8 Å². The predicted molar refractivity (Wildman–Crippen MR) is 79.9 cm³/mol. The maximum absolute atomic E-state index is 11.9. The molecule has 2 atom stereocenters. The number of benzene rings is 1. The highest BCUT2D eigenvalue weighted by atomic mass is 35.7. The molecule has 21 heavy (non-hydrogen) atoms. The van der Waals surface area contributed by atoms with Crippen molar-refractivity contribution < 1.29 is 17.9 Å². The van der Waals surface area contributed by atoms with Crippen molar-refractivity contribution in [3.63, 3.8) is 0 Å². The largest absolute Gasteiger partial charge is 0.491 e. The fourth-order valence-corrected chi connectivity index (χ4v) is 2.96. The van der Waals surface area contributed by atoms with E-state index in [4.69, 9.17) is 15.4 Å². The van der Waals surface area contributed by atoms with Gasteiger partial charge in [0, 0.05) is 22.7 Å². The van der Waals surface area contributed by atoms with E-state index < -0.39 is 9.05 Å². The van der Waals surface area contributed by atoms with Crippen molar-refractivity contribution in [2.75, 3.05) is 6.61 Å². The number of fused-ring (bicyclic) bond motifs is 1. The van der Waals surface area contributed by atoms with Gasteiger partial charge in [0.15, 0.2) is 0 Å². The Morgan fingerprint density at radius 2 is 2.24 bits per heavy atom. The quantitative estimate of drug-likeness (QED) is 0.842. The van der Waals surface area contributed by atoms with Crippen molar-refractivity contribution in [1.29, 1.82) is 0 Å². The second kappa shape index (κ2) is 6.23. The number of carbonyl (C=O) groups is 1. The zero-order chi connectivity index (χ0) is 15.6. The summed E-state index contributed by atoms with van der Waals surface area (Å²) >= 11 is 0. The van der Waals surface area contributed by atoms with Crippen molar-refractivity contribution in [3.8, 4) is 5.75 Å². The van der Waals surface area contributed by atoms with E-state index in [9.17, 15) is 13.2 Å². The van der Waals surface area contributed by atoms with Gasteiger partial charge in [-0.05, 0) is 24.1 Å². The first-order chi connectivity index (χ1) is 9.81. The standard InChI is InChI=1S/C14H18ClNO4S/c1-3-9(2)6-14(17)16-12-8-20-13-5-4-10(7-11(12)13)21(15,18)19/h4-5,7,9,12H,3,6,8H2,1-2H3,(H,16,17). The molecule has 1 aliphatic heterocycles. The van der Waals surface area contributed by atoms with Crippen molar-refractivity contribution in [2.45, 2.75) is 37.6 Å². The van der Waals surface area contributed by atoms with Crippen LogP contribution in [0.25, 0.3) is 0 Å². The summed E-state index contributed by atoms with van der Waals surface area (Å²) in [5.41, 5.74) is 0.647. The molecule has 1 amide bonds. The van der Waals surface area contributed by atoms with Crippen LogP contribution in [0.15, 0.2) is 23.1 Å². The molecule has 0 bridgehead atoms. The first-order valence-corrected chi connectivity index (χ1v) is 9.13. The Morgan fingerprint density at radius 1 is 1.52 bits per heavy atom. The van der Waals surface area contributed by atoms with E-state index in [1.165, 1.54) is 12.1 Å². The topological polar surface area (TPSA) is 72.5 Å². The smallest absolute Gasteiger partial charge is 0.261 e. The van der Waals surface area contributed by atoms with Gasteiger partial charge in [-0.1, -0.05) is 20.3 Å². The van der Waals surface area contributed by atoms with Gasteiger partial charge in [0.1, 0.15) is 12.4 Å². The molecule has 1 aliphatic rings. The Bertz CT molecular complexity index is 644. The van der Waals surface area contributed by atoms with Crippen LogP contribution in [0.2, 0.25) is 0 Å². The zero-order valence-electron chi connectivity index (χ0n) is 11.9. The summed E-state index contributed by atoms with van der Waals surface area (Å²) in [6.45, 7) is 4.34. The van der Waals surface area contributed by atoms with Gasteiger partial charge in [-0.15, -0.1) is 0 Å². The van der Waals surface area contributed by atoms with Crippen molar-refractivity contribution in [1.82, 2.24) is 5.32 Å². The van der Waals surface area contributed by atoms with Crippen molar-refractivity contribution >= 4 is 25.6 Å². The second-order valence-electron chi connectivity index (χ2n) is 5.29. The van der Waals surface area contributed by atoms with Gasteiger partial charge in [0.25, 0.3) is 9.05 Å². The summed E-state index contributed by atoms with van der Waals surface area (Å²) in [7, 11) is 1.55. The van der Waals surface area contributed by atoms with E-state index in [2.05, 4.69) is 5.32 Å². The third-order valence-corrected chi connectivity index (χ3v) is 4.96. The van der Waals surface area contributed by atoms with Crippen LogP contribution in [0.1, 0.15) is 38.3 Å². The zero-order valence-corrected chi connectivity index (χ0v) is 13.5. The third kappa shape index (κ3) is 3.89. The highest BCUT2D eigenvalue weighted by Crippen LogP contribution is 2.34. The second-order valence-corrected chi connectivity index (χ2v) is 7.85. The van der Waals surface area contributed by atoms with E-state index in [1.807, 2.05) is 13.8 Å². The summed E-state index contributed by atoms with van der Waals surface area (Å²) in [4.78, 5) is 12.0. The van der Waals surface area contributed by atoms with Crippen LogP contribution in [-0.4, -0.2) is 20.9 Å². The van der Waals surface area contributed by atoms with Gasteiger partial charge in [-0.2, -0.15) is 0 Å². The van der Waals surface area contributed by atoms with Crippen LogP contribution in [0.5, 0.6) is 5.75 Å². The van der Waals surface area contributed by atoms with E-state index >= 15 is 0 Å². The monoisotopic (exact) mass is 331 g/mol. The lowest BCUT2D eigenvalue weighted by Crippen LogP contribution is -2.30. The Labute approximate surface area is 129 Å². The van der Waals surface area contributed by atoms with Gasteiger partial charge in [0.2, 0.25) is 5.91 Å². The molecule has 0 saturated heterocycles. The number of carbonyl (C=O) groups excluding carboxylic acids is 1. The van der Waals surface area contributed by atoms with Gasteiger partial charge >= 0.3 is 0 Å². The highest BCUT2D eigenvalue weighted by molar-refractivity contribution is 8.13. The number of amides is 1. The molecule has 0 saturated carbocycles. The molecule has 1 aromatic rings. The van der Waals surface area contributed by atoms with E-state index in [1.54, 1.807) is 6.07 Å². The summed E-state index contributed by atoms with van der Waals surface area (Å²) < 4.78 is 28.2. The van der Waals surface area contributed by atoms with Gasteiger partial charge in [-0.3, -0.25) is 4.79 Å². The lowest BCUT2D eigenvalue weighted by atomic mass is 10.0. The number of ether oxygens (including phenoxy) is 1. The molecule has 0 spiro atoms. The number of hydrogen-bond acceptors (Lipinski definition) is 4. The van der Waals surface area contributed by atoms with Crippen molar-refractivity contribution in [2.24, 2.45) is 5.92 Å². The maximum Gasteiger partial charge on any atom is 0.261 e. The van der Waals surface area contributed by atoms with Gasteiger partial charge < -0.3 is 10.1 Å².